The van der Waals surface area contributed by atoms with Crippen LogP contribution in [0.25, 0.3) is 5.65 Å². The molecule has 1 aliphatic rings. The Bertz CT molecular complexity index is 627. The standard InChI is InChI=1S/C13H20N6O/c1-2-18(9-10-4-3-7-14-8-10)12-6-5-11-15-16-13(20)19(11)17-12/h5-6,10,14H,2-4,7-9H2,1H3,(H,16,20). The maximum Gasteiger partial charge on any atom is 0.364 e. The van der Waals surface area contributed by atoms with Gasteiger partial charge < -0.3 is 10.2 Å². The van der Waals surface area contributed by atoms with Crippen molar-refractivity contribution in [3.63, 3.8) is 0 Å². The lowest BCUT2D eigenvalue weighted by atomic mass is 9.99. The third kappa shape index (κ3) is 2.53. The molecular weight excluding hydrogens is 256 g/mol. The second kappa shape index (κ2) is 5.62. The van der Waals surface area contributed by atoms with Crippen molar-refractivity contribution in [2.75, 3.05) is 31.1 Å². The predicted octanol–water partition coefficient (Wildman–Crippen LogP) is 0.244. The Hall–Kier alpha value is -1.89. The first-order valence-corrected chi connectivity index (χ1v) is 7.18. The van der Waals surface area contributed by atoms with Crippen LogP contribution in [-0.4, -0.2) is 46.0 Å². The van der Waals surface area contributed by atoms with Gasteiger partial charge in [0.15, 0.2) is 5.65 Å². The van der Waals surface area contributed by atoms with Gasteiger partial charge in [0.25, 0.3) is 0 Å². The van der Waals surface area contributed by atoms with Crippen LogP contribution in [0.4, 0.5) is 5.82 Å². The molecule has 0 radical (unpaired) electrons. The Morgan fingerprint density at radius 1 is 1.50 bits per heavy atom. The monoisotopic (exact) mass is 276 g/mol. The fourth-order valence-corrected chi connectivity index (χ4v) is 2.74. The Balaban J connectivity index is 1.82. The van der Waals surface area contributed by atoms with Crippen molar-refractivity contribution in [1.82, 2.24) is 25.1 Å². The van der Waals surface area contributed by atoms with E-state index in [1.165, 1.54) is 17.4 Å². The van der Waals surface area contributed by atoms with Crippen LogP contribution in [0.2, 0.25) is 0 Å². The summed E-state index contributed by atoms with van der Waals surface area (Å²) in [6, 6.07) is 3.75. The molecule has 1 atom stereocenters. The predicted molar refractivity (Wildman–Crippen MR) is 77.1 cm³/mol. The number of piperidine rings is 1. The van der Waals surface area contributed by atoms with Crippen molar-refractivity contribution in [3.8, 4) is 0 Å². The van der Waals surface area contributed by atoms with Crippen molar-refractivity contribution < 1.29 is 0 Å². The van der Waals surface area contributed by atoms with Crippen LogP contribution in [0.1, 0.15) is 19.8 Å². The average Bonchev–Trinajstić information content (AvgIpc) is 2.87. The van der Waals surface area contributed by atoms with Gasteiger partial charge in [-0.3, -0.25) is 0 Å². The van der Waals surface area contributed by atoms with Crippen molar-refractivity contribution in [2.24, 2.45) is 5.92 Å². The highest BCUT2D eigenvalue weighted by Gasteiger charge is 2.17. The molecule has 1 fully saturated rings. The number of nitrogens with one attached hydrogen (secondary N) is 2. The van der Waals surface area contributed by atoms with E-state index in [4.69, 9.17) is 0 Å². The summed E-state index contributed by atoms with van der Waals surface area (Å²) in [6.45, 7) is 6.14. The molecule has 1 unspecified atom stereocenters. The molecule has 3 rings (SSSR count). The summed E-state index contributed by atoms with van der Waals surface area (Å²) in [6.07, 6.45) is 2.48. The molecule has 2 aromatic heterocycles. The number of hydrogen-bond donors (Lipinski definition) is 2. The van der Waals surface area contributed by atoms with Gasteiger partial charge in [0.1, 0.15) is 5.82 Å². The quantitative estimate of drug-likeness (QED) is 0.836. The van der Waals surface area contributed by atoms with Crippen molar-refractivity contribution >= 4 is 11.5 Å². The van der Waals surface area contributed by atoms with Gasteiger partial charge in [-0.15, -0.1) is 5.10 Å². The molecule has 7 heteroatoms. The molecule has 2 aromatic rings. The van der Waals surface area contributed by atoms with E-state index in [1.54, 1.807) is 0 Å². The normalized spacial score (nSPS) is 19.4. The third-order valence-electron chi connectivity index (χ3n) is 3.84. The Kier molecular flexibility index (Phi) is 3.68. The molecular formula is C13H20N6O. The van der Waals surface area contributed by atoms with Crippen LogP contribution in [-0.2, 0) is 0 Å². The van der Waals surface area contributed by atoms with Gasteiger partial charge in [0.05, 0.1) is 0 Å². The molecule has 0 spiro atoms. The number of nitrogens with zero attached hydrogens (tertiary/aromatic N) is 4. The minimum absolute atomic E-state index is 0.294. The molecule has 0 saturated carbocycles. The molecule has 0 amide bonds. The molecule has 108 valence electrons. The summed E-state index contributed by atoms with van der Waals surface area (Å²) >= 11 is 0. The number of anilines is 1. The number of fused-ring (bicyclic) bond motifs is 1. The van der Waals surface area contributed by atoms with E-state index in [0.29, 0.717) is 11.6 Å². The van der Waals surface area contributed by atoms with Crippen LogP contribution in [0, 0.1) is 5.92 Å². The smallest absolute Gasteiger partial charge is 0.355 e. The molecule has 3 heterocycles. The molecule has 1 saturated heterocycles. The minimum Gasteiger partial charge on any atom is -0.355 e. The van der Waals surface area contributed by atoms with Gasteiger partial charge in [0.2, 0.25) is 0 Å². The van der Waals surface area contributed by atoms with Crippen LogP contribution in [0.15, 0.2) is 16.9 Å². The maximum absolute atomic E-state index is 11.6. The van der Waals surface area contributed by atoms with Gasteiger partial charge in [-0.2, -0.15) is 9.61 Å². The zero-order valence-electron chi connectivity index (χ0n) is 11.7. The van der Waals surface area contributed by atoms with E-state index in [9.17, 15) is 4.79 Å². The Labute approximate surface area is 117 Å². The van der Waals surface area contributed by atoms with Gasteiger partial charge in [-0.05, 0) is 50.9 Å². The van der Waals surface area contributed by atoms with Gasteiger partial charge >= 0.3 is 5.69 Å². The zero-order valence-corrected chi connectivity index (χ0v) is 11.7. The molecule has 20 heavy (non-hydrogen) atoms. The Morgan fingerprint density at radius 2 is 2.40 bits per heavy atom. The molecule has 0 aliphatic carbocycles. The van der Waals surface area contributed by atoms with E-state index in [1.807, 2.05) is 12.1 Å². The molecule has 2 N–H and O–H groups in total. The highest BCUT2D eigenvalue weighted by molar-refractivity contribution is 5.44. The van der Waals surface area contributed by atoms with E-state index in [0.717, 1.165) is 32.0 Å². The van der Waals surface area contributed by atoms with Crippen LogP contribution in [0.5, 0.6) is 0 Å². The summed E-state index contributed by atoms with van der Waals surface area (Å²) in [7, 11) is 0. The first-order chi connectivity index (χ1) is 9.78. The SMILES string of the molecule is CCN(CC1CCCNC1)c1ccc2n[nH]c(=O)n2n1. The number of aromatic amines is 1. The molecule has 1 aliphatic heterocycles. The van der Waals surface area contributed by atoms with Crippen LogP contribution in [0.3, 0.4) is 0 Å². The fraction of sp³-hybridized carbons (Fsp3) is 0.615. The highest BCUT2D eigenvalue weighted by atomic mass is 16.2. The lowest BCUT2D eigenvalue weighted by Crippen LogP contribution is -2.38. The minimum atomic E-state index is -0.294. The molecule has 0 aromatic carbocycles. The molecule has 7 nitrogen and oxygen atoms in total. The number of aromatic nitrogens is 4. The first kappa shape index (κ1) is 13.1. The highest BCUT2D eigenvalue weighted by Crippen LogP contribution is 2.16. The summed E-state index contributed by atoms with van der Waals surface area (Å²) in [5.41, 5.74) is 0.256. The van der Waals surface area contributed by atoms with Gasteiger partial charge in [0, 0.05) is 13.1 Å². The number of hydrogen-bond acceptors (Lipinski definition) is 5. The lowest BCUT2D eigenvalue weighted by Gasteiger charge is -2.30. The number of rotatable bonds is 4. The summed E-state index contributed by atoms with van der Waals surface area (Å²) in [4.78, 5) is 13.8. The van der Waals surface area contributed by atoms with Crippen molar-refractivity contribution in [1.29, 1.82) is 0 Å². The van der Waals surface area contributed by atoms with Crippen molar-refractivity contribution in [3.05, 3.63) is 22.6 Å². The average molecular weight is 276 g/mol. The number of H-pyrrole nitrogens is 1. The van der Waals surface area contributed by atoms with Gasteiger partial charge in [-0.1, -0.05) is 0 Å². The summed E-state index contributed by atoms with van der Waals surface area (Å²) in [5.74, 6) is 1.47. The second-order valence-electron chi connectivity index (χ2n) is 5.24. The molecule has 0 bridgehead atoms. The van der Waals surface area contributed by atoms with Crippen LogP contribution < -0.4 is 15.9 Å². The largest absolute Gasteiger partial charge is 0.364 e. The van der Waals surface area contributed by atoms with Crippen LogP contribution >= 0.6 is 0 Å². The van der Waals surface area contributed by atoms with Crippen molar-refractivity contribution in [2.45, 2.75) is 19.8 Å². The first-order valence-electron chi connectivity index (χ1n) is 7.18. The Morgan fingerprint density at radius 3 is 3.15 bits per heavy atom. The summed E-state index contributed by atoms with van der Waals surface area (Å²) in [5, 5.41) is 14.1. The lowest BCUT2D eigenvalue weighted by molar-refractivity contribution is 0.377. The maximum atomic E-state index is 11.6. The van der Waals surface area contributed by atoms with Gasteiger partial charge in [-0.25, -0.2) is 9.89 Å². The summed E-state index contributed by atoms with van der Waals surface area (Å²) < 4.78 is 1.32. The van der Waals surface area contributed by atoms with E-state index in [2.05, 4.69) is 32.4 Å². The third-order valence-corrected chi connectivity index (χ3v) is 3.84. The zero-order chi connectivity index (χ0) is 13.9. The second-order valence-corrected chi connectivity index (χ2v) is 5.24. The topological polar surface area (TPSA) is 78.3 Å². The van der Waals surface area contributed by atoms with E-state index >= 15 is 0 Å². The van der Waals surface area contributed by atoms with E-state index in [-0.39, 0.29) is 5.69 Å². The fourth-order valence-electron chi connectivity index (χ4n) is 2.74. The van der Waals surface area contributed by atoms with E-state index < -0.39 is 0 Å².